The van der Waals surface area contributed by atoms with Crippen LogP contribution in [0.25, 0.3) is 0 Å². The van der Waals surface area contributed by atoms with Crippen LogP contribution in [0, 0.1) is 0 Å². The number of benzene rings is 1. The second-order valence-corrected chi connectivity index (χ2v) is 2.74. The number of nitrogens with two attached hydrogens (primary N) is 2. The molecule has 1 aromatic rings. The van der Waals surface area contributed by atoms with Crippen molar-refractivity contribution < 1.29 is 14.6 Å². The fraction of sp³-hybridized carbons (Fsp3) is 0.222. The number of ether oxygens (including phenoxy) is 2. The summed E-state index contributed by atoms with van der Waals surface area (Å²) in [5.41, 5.74) is 10.8. The van der Waals surface area contributed by atoms with Crippen molar-refractivity contribution >= 4 is 11.6 Å². The minimum absolute atomic E-state index is 0.0862. The molecule has 0 saturated heterocycles. The zero-order chi connectivity index (χ0) is 11.4. The molecular weight excluding hydrogens is 198 g/mol. The van der Waals surface area contributed by atoms with Gasteiger partial charge in [0.25, 0.3) is 0 Å². The summed E-state index contributed by atoms with van der Waals surface area (Å²) in [6.45, 7) is 0. The fourth-order valence-corrected chi connectivity index (χ4v) is 1.14. The lowest BCUT2D eigenvalue weighted by Crippen LogP contribution is -2.21. The molecule has 82 valence electrons. The van der Waals surface area contributed by atoms with E-state index < -0.39 is 0 Å². The Morgan fingerprint density at radius 1 is 1.27 bits per heavy atom. The SMILES string of the molecule is COc1cc(N=C(N)N)cc(O)c1OC. The quantitative estimate of drug-likeness (QED) is 0.493. The number of aromatic hydroxyl groups is 1. The Hall–Kier alpha value is -2.11. The molecule has 0 aliphatic carbocycles. The molecular formula is C9H13N3O3. The zero-order valence-electron chi connectivity index (χ0n) is 8.52. The third-order valence-electron chi connectivity index (χ3n) is 1.70. The highest BCUT2D eigenvalue weighted by Gasteiger charge is 2.11. The van der Waals surface area contributed by atoms with E-state index in [1.54, 1.807) is 6.07 Å². The van der Waals surface area contributed by atoms with E-state index in [1.807, 2.05) is 0 Å². The van der Waals surface area contributed by atoms with Crippen molar-refractivity contribution in [1.82, 2.24) is 0 Å². The fourth-order valence-electron chi connectivity index (χ4n) is 1.14. The highest BCUT2D eigenvalue weighted by molar-refractivity contribution is 5.79. The van der Waals surface area contributed by atoms with Gasteiger partial charge in [-0.1, -0.05) is 0 Å². The monoisotopic (exact) mass is 211 g/mol. The van der Waals surface area contributed by atoms with E-state index in [0.29, 0.717) is 11.4 Å². The van der Waals surface area contributed by atoms with Gasteiger partial charge in [0, 0.05) is 12.1 Å². The van der Waals surface area contributed by atoms with Gasteiger partial charge in [-0.05, 0) is 0 Å². The Labute approximate surface area is 87.1 Å². The maximum absolute atomic E-state index is 9.56. The van der Waals surface area contributed by atoms with Crippen LogP contribution >= 0.6 is 0 Å². The molecule has 0 radical (unpaired) electrons. The highest BCUT2D eigenvalue weighted by atomic mass is 16.5. The van der Waals surface area contributed by atoms with Gasteiger partial charge in [0.15, 0.2) is 17.5 Å². The summed E-state index contributed by atoms with van der Waals surface area (Å²) in [4.78, 5) is 3.78. The average Bonchev–Trinajstić information content (AvgIpc) is 2.15. The summed E-state index contributed by atoms with van der Waals surface area (Å²) in [5.74, 6) is 0.419. The molecule has 0 aromatic heterocycles. The molecule has 0 saturated carbocycles. The molecule has 0 spiro atoms. The number of hydrogen-bond donors (Lipinski definition) is 3. The smallest absolute Gasteiger partial charge is 0.203 e. The van der Waals surface area contributed by atoms with E-state index in [9.17, 15) is 5.11 Å². The van der Waals surface area contributed by atoms with Gasteiger partial charge in [-0.25, -0.2) is 4.99 Å². The molecule has 5 N–H and O–H groups in total. The molecule has 0 atom stereocenters. The Balaban J connectivity index is 3.25. The van der Waals surface area contributed by atoms with Gasteiger partial charge in [0.05, 0.1) is 19.9 Å². The van der Waals surface area contributed by atoms with E-state index >= 15 is 0 Å². The van der Waals surface area contributed by atoms with Crippen molar-refractivity contribution in [3.05, 3.63) is 12.1 Å². The van der Waals surface area contributed by atoms with E-state index in [2.05, 4.69) is 4.99 Å². The summed E-state index contributed by atoms with van der Waals surface area (Å²) in [7, 11) is 2.88. The molecule has 1 rings (SSSR count). The largest absolute Gasteiger partial charge is 0.504 e. The van der Waals surface area contributed by atoms with Crippen LogP contribution in [-0.2, 0) is 0 Å². The average molecular weight is 211 g/mol. The molecule has 0 amide bonds. The first-order valence-electron chi connectivity index (χ1n) is 4.13. The van der Waals surface area contributed by atoms with E-state index in [0.717, 1.165) is 0 Å². The van der Waals surface area contributed by atoms with Gasteiger partial charge in [0.2, 0.25) is 5.75 Å². The highest BCUT2D eigenvalue weighted by Crippen LogP contribution is 2.39. The minimum atomic E-state index is -0.0957. The Morgan fingerprint density at radius 3 is 2.40 bits per heavy atom. The predicted octanol–water partition coefficient (Wildman–Crippen LogP) is 0.314. The van der Waals surface area contributed by atoms with Crippen LogP contribution in [0.3, 0.4) is 0 Å². The maximum Gasteiger partial charge on any atom is 0.203 e. The summed E-state index contributed by atoms with van der Waals surface area (Å²) < 4.78 is 9.94. The summed E-state index contributed by atoms with van der Waals surface area (Å²) in [6.07, 6.45) is 0. The van der Waals surface area contributed by atoms with Crippen molar-refractivity contribution in [3.8, 4) is 17.2 Å². The molecule has 0 aliphatic heterocycles. The van der Waals surface area contributed by atoms with Crippen LogP contribution in [0.4, 0.5) is 5.69 Å². The lowest BCUT2D eigenvalue weighted by Gasteiger charge is -2.09. The number of nitrogens with zero attached hydrogens (tertiary/aromatic N) is 1. The van der Waals surface area contributed by atoms with Crippen LogP contribution in [0.15, 0.2) is 17.1 Å². The molecule has 6 heteroatoms. The number of hydrogen-bond acceptors (Lipinski definition) is 4. The lowest BCUT2D eigenvalue weighted by molar-refractivity contribution is 0.333. The second-order valence-electron chi connectivity index (χ2n) is 2.74. The minimum Gasteiger partial charge on any atom is -0.504 e. The van der Waals surface area contributed by atoms with Crippen LogP contribution in [0.1, 0.15) is 0 Å². The van der Waals surface area contributed by atoms with Crippen LogP contribution in [0.5, 0.6) is 17.2 Å². The lowest BCUT2D eigenvalue weighted by atomic mass is 10.2. The van der Waals surface area contributed by atoms with Crippen molar-refractivity contribution in [1.29, 1.82) is 0 Å². The number of aliphatic imine (C=N–C) groups is 1. The summed E-state index contributed by atoms with van der Waals surface area (Å²) in [5, 5.41) is 9.56. The van der Waals surface area contributed by atoms with Crippen LogP contribution in [0.2, 0.25) is 0 Å². The van der Waals surface area contributed by atoms with Crippen LogP contribution in [-0.4, -0.2) is 25.3 Å². The van der Waals surface area contributed by atoms with E-state index in [-0.39, 0.29) is 17.5 Å². The molecule has 1 aromatic carbocycles. The van der Waals surface area contributed by atoms with E-state index in [4.69, 9.17) is 20.9 Å². The number of rotatable bonds is 3. The zero-order valence-corrected chi connectivity index (χ0v) is 8.52. The number of guanidine groups is 1. The van der Waals surface area contributed by atoms with Crippen molar-refractivity contribution in [2.75, 3.05) is 14.2 Å². The summed E-state index contributed by atoms with van der Waals surface area (Å²) >= 11 is 0. The molecule has 6 nitrogen and oxygen atoms in total. The third-order valence-corrected chi connectivity index (χ3v) is 1.70. The summed E-state index contributed by atoms with van der Waals surface area (Å²) in [6, 6.07) is 2.93. The molecule has 15 heavy (non-hydrogen) atoms. The van der Waals surface area contributed by atoms with Crippen molar-refractivity contribution in [2.45, 2.75) is 0 Å². The number of methoxy groups -OCH3 is 2. The van der Waals surface area contributed by atoms with Crippen LogP contribution < -0.4 is 20.9 Å². The first-order chi connectivity index (χ1) is 7.08. The number of phenols is 1. The topological polar surface area (TPSA) is 103 Å². The van der Waals surface area contributed by atoms with Crippen molar-refractivity contribution in [3.63, 3.8) is 0 Å². The Morgan fingerprint density at radius 2 is 1.93 bits per heavy atom. The van der Waals surface area contributed by atoms with E-state index in [1.165, 1.54) is 20.3 Å². The van der Waals surface area contributed by atoms with Gasteiger partial charge in [-0.3, -0.25) is 0 Å². The Bertz CT molecular complexity index is 386. The van der Waals surface area contributed by atoms with Gasteiger partial charge < -0.3 is 26.0 Å². The maximum atomic E-state index is 9.56. The molecule has 0 aliphatic rings. The first-order valence-corrected chi connectivity index (χ1v) is 4.13. The normalized spacial score (nSPS) is 9.47. The third kappa shape index (κ3) is 2.43. The van der Waals surface area contributed by atoms with Gasteiger partial charge in [0.1, 0.15) is 0 Å². The molecule has 0 bridgehead atoms. The molecule has 0 heterocycles. The molecule has 0 fully saturated rings. The Kier molecular flexibility index (Phi) is 3.22. The first kappa shape index (κ1) is 11.0. The number of phenolic OH excluding ortho intramolecular Hbond substituents is 1. The standard InChI is InChI=1S/C9H13N3O3/c1-14-7-4-5(12-9(10)11)3-6(13)8(7)15-2/h3-4,13H,1-2H3,(H4,10,11,12). The molecule has 0 unspecified atom stereocenters. The van der Waals surface area contributed by atoms with Gasteiger partial charge in [-0.2, -0.15) is 0 Å². The second kappa shape index (κ2) is 4.41. The predicted molar refractivity (Wildman–Crippen MR) is 56.7 cm³/mol. The van der Waals surface area contributed by atoms with Gasteiger partial charge >= 0.3 is 0 Å². The van der Waals surface area contributed by atoms with Gasteiger partial charge in [-0.15, -0.1) is 0 Å². The van der Waals surface area contributed by atoms with Crippen molar-refractivity contribution in [2.24, 2.45) is 16.5 Å².